The molecule has 0 atom stereocenters. The summed E-state index contributed by atoms with van der Waals surface area (Å²) in [5, 5.41) is 4.49. The van der Waals surface area contributed by atoms with Gasteiger partial charge in [0.05, 0.1) is 16.7 Å². The first-order chi connectivity index (χ1) is 9.63. The number of nitrogens with two attached hydrogens (primary N) is 1. The van der Waals surface area contributed by atoms with Crippen LogP contribution < -0.4 is 5.73 Å². The summed E-state index contributed by atoms with van der Waals surface area (Å²) < 4.78 is 4.10. The van der Waals surface area contributed by atoms with Crippen molar-refractivity contribution in [2.24, 2.45) is 12.8 Å². The van der Waals surface area contributed by atoms with Crippen LogP contribution in [0.25, 0.3) is 22.6 Å². The highest BCUT2D eigenvalue weighted by atomic mass is 15.3. The zero-order valence-electron chi connectivity index (χ0n) is 12.1. The number of rotatable bonds is 3. The summed E-state index contributed by atoms with van der Waals surface area (Å²) in [4.78, 5) is 4.76. The van der Waals surface area contributed by atoms with Gasteiger partial charge in [-0.05, 0) is 37.6 Å². The van der Waals surface area contributed by atoms with Crippen LogP contribution in [0.1, 0.15) is 18.2 Å². The summed E-state index contributed by atoms with van der Waals surface area (Å²) in [6.45, 7) is 5.46. The predicted molar refractivity (Wildman–Crippen MR) is 80.2 cm³/mol. The van der Waals surface area contributed by atoms with Gasteiger partial charge in [0, 0.05) is 20.1 Å². The van der Waals surface area contributed by atoms with Crippen LogP contribution in [-0.4, -0.2) is 19.3 Å². The Balaban J connectivity index is 2.23. The Morgan fingerprint density at radius 1 is 1.25 bits per heavy atom. The Morgan fingerprint density at radius 3 is 2.75 bits per heavy atom. The third-order valence-corrected chi connectivity index (χ3v) is 3.61. The maximum atomic E-state index is 5.70. The van der Waals surface area contributed by atoms with E-state index in [1.54, 1.807) is 0 Å². The molecule has 5 nitrogen and oxygen atoms in total. The molecule has 1 aromatic carbocycles. The van der Waals surface area contributed by atoms with E-state index >= 15 is 0 Å². The second kappa shape index (κ2) is 4.76. The monoisotopic (exact) mass is 269 g/mol. The fourth-order valence-electron chi connectivity index (χ4n) is 2.57. The van der Waals surface area contributed by atoms with Gasteiger partial charge in [0.1, 0.15) is 5.69 Å². The summed E-state index contributed by atoms with van der Waals surface area (Å²) in [5.74, 6) is 0.941. The lowest BCUT2D eigenvalue weighted by molar-refractivity contribution is 0.655. The number of aryl methyl sites for hydroxylation is 3. The minimum Gasteiger partial charge on any atom is -0.326 e. The predicted octanol–water partition coefficient (Wildman–Crippen LogP) is 2.22. The van der Waals surface area contributed by atoms with Gasteiger partial charge in [0.2, 0.25) is 0 Å². The first kappa shape index (κ1) is 12.9. The summed E-state index contributed by atoms with van der Waals surface area (Å²) in [6, 6.07) is 8.26. The molecule has 0 spiro atoms. The van der Waals surface area contributed by atoms with Crippen molar-refractivity contribution in [3.8, 4) is 11.5 Å². The molecule has 3 rings (SSSR count). The van der Waals surface area contributed by atoms with Crippen molar-refractivity contribution in [2.75, 3.05) is 0 Å². The number of hydrogen-bond acceptors (Lipinski definition) is 3. The van der Waals surface area contributed by atoms with E-state index in [4.69, 9.17) is 10.7 Å². The first-order valence-electron chi connectivity index (χ1n) is 6.84. The van der Waals surface area contributed by atoms with Crippen LogP contribution >= 0.6 is 0 Å². The topological polar surface area (TPSA) is 61.7 Å². The molecule has 0 radical (unpaired) electrons. The molecule has 0 aliphatic heterocycles. The van der Waals surface area contributed by atoms with Gasteiger partial charge in [-0.25, -0.2) is 4.98 Å². The van der Waals surface area contributed by atoms with E-state index in [1.165, 1.54) is 0 Å². The van der Waals surface area contributed by atoms with E-state index < -0.39 is 0 Å². The molecular weight excluding hydrogens is 250 g/mol. The average molecular weight is 269 g/mol. The molecule has 0 saturated carbocycles. The molecule has 2 N–H and O–H groups in total. The highest BCUT2D eigenvalue weighted by Gasteiger charge is 2.14. The molecule has 0 aliphatic rings. The molecule has 104 valence electrons. The van der Waals surface area contributed by atoms with Gasteiger partial charge in [-0.3, -0.25) is 4.68 Å². The van der Waals surface area contributed by atoms with Crippen molar-refractivity contribution in [1.82, 2.24) is 19.3 Å². The zero-order chi connectivity index (χ0) is 14.3. The molecule has 0 unspecified atom stereocenters. The molecule has 0 amide bonds. The second-order valence-corrected chi connectivity index (χ2v) is 5.01. The minimum absolute atomic E-state index is 0.536. The van der Waals surface area contributed by atoms with E-state index in [0.717, 1.165) is 40.4 Å². The maximum absolute atomic E-state index is 5.70. The smallest absolute Gasteiger partial charge is 0.159 e. The van der Waals surface area contributed by atoms with Crippen LogP contribution in [-0.2, 0) is 20.1 Å². The van der Waals surface area contributed by atoms with E-state index in [9.17, 15) is 0 Å². The molecule has 2 aromatic heterocycles. The van der Waals surface area contributed by atoms with Crippen LogP contribution in [0, 0.1) is 6.92 Å². The van der Waals surface area contributed by atoms with Crippen molar-refractivity contribution in [2.45, 2.75) is 26.9 Å². The third-order valence-electron chi connectivity index (χ3n) is 3.61. The summed E-state index contributed by atoms with van der Waals surface area (Å²) in [7, 11) is 2.04. The van der Waals surface area contributed by atoms with E-state index in [-0.39, 0.29) is 0 Å². The lowest BCUT2D eigenvalue weighted by Crippen LogP contribution is -2.02. The van der Waals surface area contributed by atoms with Crippen molar-refractivity contribution >= 4 is 11.0 Å². The molecular formula is C15H19N5. The Kier molecular flexibility index (Phi) is 3.06. The average Bonchev–Trinajstić information content (AvgIpc) is 2.98. The van der Waals surface area contributed by atoms with Crippen LogP contribution in [0.5, 0.6) is 0 Å². The Morgan fingerprint density at radius 2 is 2.05 bits per heavy atom. The van der Waals surface area contributed by atoms with Crippen LogP contribution in [0.2, 0.25) is 0 Å². The van der Waals surface area contributed by atoms with Crippen LogP contribution in [0.3, 0.4) is 0 Å². The van der Waals surface area contributed by atoms with E-state index in [2.05, 4.69) is 40.9 Å². The standard InChI is InChI=1S/C15H19N5/c1-4-20-14(7-10(2)18-20)15-17-12-8-11(9-16)5-6-13(12)19(15)3/h5-8H,4,9,16H2,1-3H3. The first-order valence-corrected chi connectivity index (χ1v) is 6.84. The second-order valence-electron chi connectivity index (χ2n) is 5.01. The fourth-order valence-corrected chi connectivity index (χ4v) is 2.57. The summed E-state index contributed by atoms with van der Waals surface area (Å²) in [6.07, 6.45) is 0. The minimum atomic E-state index is 0.536. The molecule has 3 aromatic rings. The number of benzene rings is 1. The normalized spacial score (nSPS) is 11.4. The number of imidazole rings is 1. The number of aromatic nitrogens is 4. The van der Waals surface area contributed by atoms with Gasteiger partial charge >= 0.3 is 0 Å². The summed E-state index contributed by atoms with van der Waals surface area (Å²) >= 11 is 0. The number of nitrogens with zero attached hydrogens (tertiary/aromatic N) is 4. The molecule has 0 fully saturated rings. The van der Waals surface area contributed by atoms with Gasteiger partial charge < -0.3 is 10.3 Å². The SMILES string of the molecule is CCn1nc(C)cc1-c1nc2cc(CN)ccc2n1C. The molecule has 0 saturated heterocycles. The zero-order valence-corrected chi connectivity index (χ0v) is 12.1. The highest BCUT2D eigenvalue weighted by molar-refractivity contribution is 5.80. The van der Waals surface area contributed by atoms with E-state index in [1.807, 2.05) is 18.7 Å². The maximum Gasteiger partial charge on any atom is 0.159 e. The van der Waals surface area contributed by atoms with Crippen LogP contribution in [0.4, 0.5) is 0 Å². The number of hydrogen-bond donors (Lipinski definition) is 1. The third kappa shape index (κ3) is 1.91. The van der Waals surface area contributed by atoms with Gasteiger partial charge in [-0.2, -0.15) is 5.10 Å². The lowest BCUT2D eigenvalue weighted by Gasteiger charge is -2.04. The Bertz CT molecular complexity index is 766. The molecule has 20 heavy (non-hydrogen) atoms. The molecule has 5 heteroatoms. The quantitative estimate of drug-likeness (QED) is 0.793. The Hall–Kier alpha value is -2.14. The molecule has 2 heterocycles. The van der Waals surface area contributed by atoms with Crippen molar-refractivity contribution in [3.05, 3.63) is 35.5 Å². The van der Waals surface area contributed by atoms with Gasteiger partial charge in [0.15, 0.2) is 5.82 Å². The van der Waals surface area contributed by atoms with Crippen molar-refractivity contribution in [3.63, 3.8) is 0 Å². The van der Waals surface area contributed by atoms with Gasteiger partial charge in [-0.1, -0.05) is 6.07 Å². The highest BCUT2D eigenvalue weighted by Crippen LogP contribution is 2.25. The molecule has 0 bridgehead atoms. The fraction of sp³-hybridized carbons (Fsp3) is 0.333. The van der Waals surface area contributed by atoms with Crippen LogP contribution in [0.15, 0.2) is 24.3 Å². The van der Waals surface area contributed by atoms with Crippen molar-refractivity contribution in [1.29, 1.82) is 0 Å². The van der Waals surface area contributed by atoms with E-state index in [0.29, 0.717) is 6.54 Å². The lowest BCUT2D eigenvalue weighted by atomic mass is 10.2. The molecule has 0 aliphatic carbocycles. The van der Waals surface area contributed by atoms with Gasteiger partial charge in [0.25, 0.3) is 0 Å². The number of fused-ring (bicyclic) bond motifs is 1. The largest absolute Gasteiger partial charge is 0.326 e. The van der Waals surface area contributed by atoms with Gasteiger partial charge in [-0.15, -0.1) is 0 Å². The van der Waals surface area contributed by atoms with Crippen molar-refractivity contribution < 1.29 is 0 Å². The Labute approximate surface area is 118 Å². The summed E-state index contributed by atoms with van der Waals surface area (Å²) in [5.41, 5.74) is 10.9.